The molecule has 0 radical (unpaired) electrons. The third kappa shape index (κ3) is 2.99. The van der Waals surface area contributed by atoms with Crippen LogP contribution in [0.1, 0.15) is 54.7 Å². The van der Waals surface area contributed by atoms with Gasteiger partial charge in [-0.15, -0.1) is 0 Å². The topological polar surface area (TPSA) is 64.4 Å². The quantitative estimate of drug-likeness (QED) is 0.791. The summed E-state index contributed by atoms with van der Waals surface area (Å²) in [5, 5.41) is 7.17. The van der Waals surface area contributed by atoms with Gasteiger partial charge in [0.05, 0.1) is 6.93 Å². The van der Waals surface area contributed by atoms with E-state index in [4.69, 9.17) is 10.6 Å². The SMILES string of the molecule is [2H]c1cccc(-c2noc(C3CC3)c2C(=O)O[C@@H]2C[C@@H]3C[C@H]2CN3)c1C(F)(F)F. The summed E-state index contributed by atoms with van der Waals surface area (Å²) >= 11 is 0. The third-order valence-corrected chi connectivity index (χ3v) is 5.82. The van der Waals surface area contributed by atoms with E-state index in [0.717, 1.165) is 31.9 Å². The monoisotopic (exact) mass is 393 g/mol. The number of carbonyl (C=O) groups is 1. The minimum atomic E-state index is -4.76. The first-order valence-corrected chi connectivity index (χ1v) is 9.44. The van der Waals surface area contributed by atoms with Gasteiger partial charge in [-0.3, -0.25) is 0 Å². The number of hydrogen-bond donors (Lipinski definition) is 1. The van der Waals surface area contributed by atoms with Crippen LogP contribution in [0.2, 0.25) is 0 Å². The summed E-state index contributed by atoms with van der Waals surface area (Å²) in [4.78, 5) is 13.1. The Morgan fingerprint density at radius 1 is 1.32 bits per heavy atom. The van der Waals surface area contributed by atoms with Crippen molar-refractivity contribution in [3.63, 3.8) is 0 Å². The van der Waals surface area contributed by atoms with Gasteiger partial charge < -0.3 is 14.6 Å². The number of halogens is 3. The molecule has 8 heteroatoms. The number of hydrogen-bond acceptors (Lipinski definition) is 5. The summed E-state index contributed by atoms with van der Waals surface area (Å²) < 4.78 is 59.7. The first-order valence-electron chi connectivity index (χ1n) is 9.94. The fourth-order valence-electron chi connectivity index (χ4n) is 4.30. The molecule has 1 aromatic heterocycles. The zero-order chi connectivity index (χ0) is 20.3. The van der Waals surface area contributed by atoms with Crippen LogP contribution >= 0.6 is 0 Å². The lowest BCUT2D eigenvalue weighted by Gasteiger charge is -2.22. The number of piperidine rings is 1. The summed E-state index contributed by atoms with van der Waals surface area (Å²) in [7, 11) is 0. The number of ether oxygens (including phenoxy) is 1. The van der Waals surface area contributed by atoms with E-state index >= 15 is 0 Å². The minimum absolute atomic E-state index is 0.0284. The minimum Gasteiger partial charge on any atom is -0.458 e. The summed E-state index contributed by atoms with van der Waals surface area (Å²) in [6, 6.07) is 3.26. The standard InChI is InChI=1S/C20H19F3N2O3/c21-20(22,23)14-4-2-1-3-13(14)17-16(18(28-25-17)10-5-6-10)19(26)27-15-8-12-7-11(15)9-24-12/h1-4,10-12,15,24H,5-9H2/t11-,12-,15+/m0/s1/i4D. The second kappa shape index (κ2) is 6.34. The van der Waals surface area contributed by atoms with Crippen molar-refractivity contribution >= 4 is 5.97 Å². The summed E-state index contributed by atoms with van der Waals surface area (Å²) in [6.07, 6.45) is -1.80. The van der Waals surface area contributed by atoms with Crippen molar-refractivity contribution in [1.29, 1.82) is 0 Å². The van der Waals surface area contributed by atoms with Crippen LogP contribution < -0.4 is 5.32 Å². The van der Waals surface area contributed by atoms with E-state index in [1.54, 1.807) is 0 Å². The Kier molecular flexibility index (Phi) is 3.75. The van der Waals surface area contributed by atoms with Gasteiger partial charge in [0.25, 0.3) is 0 Å². The highest BCUT2D eigenvalue weighted by Gasteiger charge is 2.44. The molecule has 28 heavy (non-hydrogen) atoms. The molecule has 3 fully saturated rings. The largest absolute Gasteiger partial charge is 0.458 e. The van der Waals surface area contributed by atoms with E-state index in [0.29, 0.717) is 12.5 Å². The predicted octanol–water partition coefficient (Wildman–Crippen LogP) is 4.15. The number of esters is 1. The molecule has 2 heterocycles. The number of nitrogens with one attached hydrogen (secondary N) is 1. The van der Waals surface area contributed by atoms with Crippen molar-refractivity contribution in [1.82, 2.24) is 10.5 Å². The molecule has 2 saturated carbocycles. The fraction of sp³-hybridized carbons (Fsp3) is 0.500. The lowest BCUT2D eigenvalue weighted by molar-refractivity contribution is -0.137. The Balaban J connectivity index is 1.56. The molecule has 5 nitrogen and oxygen atoms in total. The molecule has 0 unspecified atom stereocenters. The van der Waals surface area contributed by atoms with Gasteiger partial charge in [-0.05, 0) is 25.3 Å². The van der Waals surface area contributed by atoms with Crippen LogP contribution in [0.3, 0.4) is 0 Å². The lowest BCUT2D eigenvalue weighted by Crippen LogP contribution is -2.35. The van der Waals surface area contributed by atoms with Crippen LogP contribution in [0, 0.1) is 5.92 Å². The molecule has 3 atom stereocenters. The van der Waals surface area contributed by atoms with Crippen LogP contribution in [0.4, 0.5) is 13.2 Å². The molecule has 0 spiro atoms. The van der Waals surface area contributed by atoms with Gasteiger partial charge in [-0.2, -0.15) is 13.2 Å². The van der Waals surface area contributed by atoms with Crippen LogP contribution in [-0.2, 0) is 10.9 Å². The maximum atomic E-state index is 13.6. The molecule has 0 amide bonds. The van der Waals surface area contributed by atoms with Crippen LogP contribution in [0.25, 0.3) is 11.3 Å². The molecule has 2 aromatic rings. The molecule has 1 N–H and O–H groups in total. The van der Waals surface area contributed by atoms with Gasteiger partial charge in [0.2, 0.25) is 0 Å². The van der Waals surface area contributed by atoms with E-state index in [1.165, 1.54) is 12.1 Å². The first kappa shape index (κ1) is 16.6. The molecule has 2 aliphatic carbocycles. The Hall–Kier alpha value is -2.35. The average Bonchev–Trinajstić information content (AvgIpc) is 3.09. The Morgan fingerprint density at radius 3 is 2.79 bits per heavy atom. The molecular formula is C20H19F3N2O3. The van der Waals surface area contributed by atoms with Crippen molar-refractivity contribution in [2.45, 2.75) is 49.9 Å². The first-order chi connectivity index (χ1) is 13.8. The van der Waals surface area contributed by atoms with E-state index < -0.39 is 23.8 Å². The molecule has 1 aliphatic heterocycles. The number of aromatic nitrogens is 1. The zero-order valence-corrected chi connectivity index (χ0v) is 14.9. The summed E-state index contributed by atoms with van der Waals surface area (Å²) in [5.74, 6) is -0.216. The molecule has 1 aromatic carbocycles. The highest BCUT2D eigenvalue weighted by atomic mass is 19.4. The highest BCUT2D eigenvalue weighted by Crippen LogP contribution is 2.46. The third-order valence-electron chi connectivity index (χ3n) is 5.82. The fourth-order valence-corrected chi connectivity index (χ4v) is 4.30. The number of benzene rings is 1. The molecule has 1 saturated heterocycles. The second-order valence-corrected chi connectivity index (χ2v) is 7.78. The van der Waals surface area contributed by atoms with E-state index in [1.807, 2.05) is 0 Å². The summed E-state index contributed by atoms with van der Waals surface area (Å²) in [6.45, 7) is 0.772. The molecule has 3 aliphatic rings. The lowest BCUT2D eigenvalue weighted by atomic mass is 9.99. The number of fused-ring (bicyclic) bond motifs is 2. The number of carbonyl (C=O) groups excluding carboxylic acids is 1. The zero-order valence-electron chi connectivity index (χ0n) is 15.9. The normalized spacial score (nSPS) is 27.1. The molecule has 2 bridgehead atoms. The molecular weight excluding hydrogens is 373 g/mol. The smallest absolute Gasteiger partial charge is 0.417 e. The van der Waals surface area contributed by atoms with E-state index in [2.05, 4.69) is 10.5 Å². The maximum Gasteiger partial charge on any atom is 0.417 e. The predicted molar refractivity (Wildman–Crippen MR) is 92.6 cm³/mol. The molecule has 148 valence electrons. The average molecular weight is 393 g/mol. The second-order valence-electron chi connectivity index (χ2n) is 7.78. The maximum absolute atomic E-state index is 13.6. The van der Waals surface area contributed by atoms with Gasteiger partial charge in [0.1, 0.15) is 17.4 Å². The van der Waals surface area contributed by atoms with E-state index in [9.17, 15) is 18.0 Å². The van der Waals surface area contributed by atoms with Crippen molar-refractivity contribution in [2.75, 3.05) is 6.54 Å². The number of nitrogens with zero attached hydrogens (tertiary/aromatic N) is 1. The Morgan fingerprint density at radius 2 is 2.14 bits per heavy atom. The number of alkyl halides is 3. The van der Waals surface area contributed by atoms with Crippen molar-refractivity contribution in [3.05, 3.63) is 41.1 Å². The van der Waals surface area contributed by atoms with Crippen molar-refractivity contribution in [2.24, 2.45) is 5.92 Å². The van der Waals surface area contributed by atoms with E-state index in [-0.39, 0.29) is 40.5 Å². The van der Waals surface area contributed by atoms with Crippen LogP contribution in [0.5, 0.6) is 0 Å². The highest BCUT2D eigenvalue weighted by molar-refractivity contribution is 5.98. The van der Waals surface area contributed by atoms with Gasteiger partial charge >= 0.3 is 12.1 Å². The van der Waals surface area contributed by atoms with Gasteiger partial charge in [0.15, 0.2) is 5.76 Å². The van der Waals surface area contributed by atoms with Crippen molar-refractivity contribution < 1.29 is 28.6 Å². The van der Waals surface area contributed by atoms with Gasteiger partial charge in [-0.1, -0.05) is 23.4 Å². The number of rotatable bonds is 4. The Labute approximate surface area is 160 Å². The van der Waals surface area contributed by atoms with Crippen LogP contribution in [0.15, 0.2) is 28.8 Å². The Bertz CT molecular complexity index is 970. The van der Waals surface area contributed by atoms with Crippen LogP contribution in [-0.4, -0.2) is 29.8 Å². The van der Waals surface area contributed by atoms with Gasteiger partial charge in [0, 0.05) is 36.4 Å². The van der Waals surface area contributed by atoms with Gasteiger partial charge in [-0.25, -0.2) is 4.79 Å². The summed E-state index contributed by atoms with van der Waals surface area (Å²) in [5.41, 5.74) is -1.69. The molecule has 5 rings (SSSR count). The van der Waals surface area contributed by atoms with Crippen molar-refractivity contribution in [3.8, 4) is 11.3 Å².